The molecular formula is C8H17NO3. The van der Waals surface area contributed by atoms with Gasteiger partial charge in [0.15, 0.2) is 0 Å². The number of aliphatic carboxylic acids is 1. The van der Waals surface area contributed by atoms with E-state index in [1.807, 2.05) is 13.8 Å². The molecule has 0 aliphatic rings. The van der Waals surface area contributed by atoms with Crippen LogP contribution in [0.4, 0.5) is 0 Å². The van der Waals surface area contributed by atoms with E-state index in [-0.39, 0.29) is 12.5 Å². The molecule has 1 atom stereocenters. The van der Waals surface area contributed by atoms with Crippen LogP contribution in [0.15, 0.2) is 0 Å². The third-order valence-electron chi connectivity index (χ3n) is 1.49. The second-order valence-corrected chi connectivity index (χ2v) is 3.02. The zero-order chi connectivity index (χ0) is 9.56. The standard InChI is InChI=1S/C8H17NO3/c1-6(2)9-5-7(12-3)4-8(10)11/h6-7,9H,4-5H2,1-3H3,(H,10,11). The van der Waals surface area contributed by atoms with Gasteiger partial charge in [-0.05, 0) is 0 Å². The fourth-order valence-electron chi connectivity index (χ4n) is 0.801. The van der Waals surface area contributed by atoms with Gasteiger partial charge in [-0.15, -0.1) is 0 Å². The third-order valence-corrected chi connectivity index (χ3v) is 1.49. The van der Waals surface area contributed by atoms with Gasteiger partial charge >= 0.3 is 5.97 Å². The molecule has 0 spiro atoms. The van der Waals surface area contributed by atoms with Crippen LogP contribution in [0, 0.1) is 0 Å². The molecule has 0 rings (SSSR count). The molecule has 0 aromatic carbocycles. The Bertz CT molecular complexity index is 136. The summed E-state index contributed by atoms with van der Waals surface area (Å²) < 4.78 is 4.97. The monoisotopic (exact) mass is 175 g/mol. The summed E-state index contributed by atoms with van der Waals surface area (Å²) >= 11 is 0. The highest BCUT2D eigenvalue weighted by Gasteiger charge is 2.11. The van der Waals surface area contributed by atoms with Gasteiger partial charge in [-0.1, -0.05) is 13.8 Å². The van der Waals surface area contributed by atoms with Crippen LogP contribution < -0.4 is 5.32 Å². The van der Waals surface area contributed by atoms with Crippen LogP contribution in [0.2, 0.25) is 0 Å². The summed E-state index contributed by atoms with van der Waals surface area (Å²) in [5, 5.41) is 11.6. The van der Waals surface area contributed by atoms with Crippen molar-refractivity contribution in [2.45, 2.75) is 32.4 Å². The summed E-state index contributed by atoms with van der Waals surface area (Å²) in [6.45, 7) is 4.60. The summed E-state index contributed by atoms with van der Waals surface area (Å²) in [7, 11) is 1.52. The number of carboxylic acids is 1. The second-order valence-electron chi connectivity index (χ2n) is 3.02. The summed E-state index contributed by atoms with van der Waals surface area (Å²) in [4.78, 5) is 10.3. The van der Waals surface area contributed by atoms with Crippen molar-refractivity contribution in [1.82, 2.24) is 5.32 Å². The summed E-state index contributed by atoms with van der Waals surface area (Å²) in [5.74, 6) is -0.826. The van der Waals surface area contributed by atoms with Gasteiger partial charge in [-0.25, -0.2) is 0 Å². The van der Waals surface area contributed by atoms with Crippen LogP contribution in [-0.4, -0.2) is 36.9 Å². The number of ether oxygens (including phenoxy) is 1. The van der Waals surface area contributed by atoms with Gasteiger partial charge < -0.3 is 15.2 Å². The Labute approximate surface area is 72.9 Å². The summed E-state index contributed by atoms with van der Waals surface area (Å²) in [6, 6.07) is 0.358. The van der Waals surface area contributed by atoms with E-state index in [4.69, 9.17) is 9.84 Å². The van der Waals surface area contributed by atoms with Crippen molar-refractivity contribution in [3.05, 3.63) is 0 Å². The van der Waals surface area contributed by atoms with Gasteiger partial charge in [0.25, 0.3) is 0 Å². The van der Waals surface area contributed by atoms with Crippen molar-refractivity contribution < 1.29 is 14.6 Å². The lowest BCUT2D eigenvalue weighted by atomic mass is 10.2. The first-order chi connectivity index (χ1) is 5.56. The van der Waals surface area contributed by atoms with Crippen LogP contribution in [0.1, 0.15) is 20.3 Å². The van der Waals surface area contributed by atoms with Crippen LogP contribution >= 0.6 is 0 Å². The molecule has 0 aliphatic heterocycles. The average Bonchev–Trinajstić information content (AvgIpc) is 1.97. The zero-order valence-electron chi connectivity index (χ0n) is 7.83. The molecule has 1 unspecified atom stereocenters. The van der Waals surface area contributed by atoms with Gasteiger partial charge in [0.1, 0.15) is 0 Å². The molecular weight excluding hydrogens is 158 g/mol. The Hall–Kier alpha value is -0.610. The fourth-order valence-corrected chi connectivity index (χ4v) is 0.801. The molecule has 0 bridgehead atoms. The predicted molar refractivity (Wildman–Crippen MR) is 46.2 cm³/mol. The number of rotatable bonds is 6. The molecule has 2 N–H and O–H groups in total. The first-order valence-electron chi connectivity index (χ1n) is 4.04. The maximum Gasteiger partial charge on any atom is 0.306 e. The first-order valence-corrected chi connectivity index (χ1v) is 4.04. The topological polar surface area (TPSA) is 58.6 Å². The minimum atomic E-state index is -0.826. The van der Waals surface area contributed by atoms with Gasteiger partial charge in [-0.2, -0.15) is 0 Å². The minimum absolute atomic E-state index is 0.0518. The van der Waals surface area contributed by atoms with Gasteiger partial charge in [0.05, 0.1) is 12.5 Å². The Balaban J connectivity index is 3.60. The Morgan fingerprint density at radius 1 is 1.58 bits per heavy atom. The highest BCUT2D eigenvalue weighted by Crippen LogP contribution is 1.95. The predicted octanol–water partition coefficient (Wildman–Crippen LogP) is 0.474. The average molecular weight is 175 g/mol. The van der Waals surface area contributed by atoms with Crippen LogP contribution in [0.25, 0.3) is 0 Å². The Morgan fingerprint density at radius 3 is 2.50 bits per heavy atom. The molecule has 4 heteroatoms. The maximum absolute atomic E-state index is 10.3. The number of carbonyl (C=O) groups is 1. The van der Waals surface area contributed by atoms with E-state index in [9.17, 15) is 4.79 Å². The quantitative estimate of drug-likeness (QED) is 0.616. The van der Waals surface area contributed by atoms with Crippen molar-refractivity contribution in [3.63, 3.8) is 0 Å². The molecule has 4 nitrogen and oxygen atoms in total. The van der Waals surface area contributed by atoms with E-state index in [0.717, 1.165) is 0 Å². The molecule has 0 saturated carbocycles. The van der Waals surface area contributed by atoms with Crippen molar-refractivity contribution in [2.75, 3.05) is 13.7 Å². The van der Waals surface area contributed by atoms with Crippen LogP contribution in [0.3, 0.4) is 0 Å². The lowest BCUT2D eigenvalue weighted by molar-refractivity contribution is -0.139. The van der Waals surface area contributed by atoms with Crippen LogP contribution in [0.5, 0.6) is 0 Å². The molecule has 0 fully saturated rings. The maximum atomic E-state index is 10.3. The largest absolute Gasteiger partial charge is 0.481 e. The smallest absolute Gasteiger partial charge is 0.306 e. The van der Waals surface area contributed by atoms with E-state index in [1.165, 1.54) is 7.11 Å². The van der Waals surface area contributed by atoms with E-state index >= 15 is 0 Å². The molecule has 0 amide bonds. The van der Waals surface area contributed by atoms with Gasteiger partial charge in [0.2, 0.25) is 0 Å². The lowest BCUT2D eigenvalue weighted by Crippen LogP contribution is -2.34. The third kappa shape index (κ3) is 6.12. The number of carboxylic acid groups (broad SMARTS) is 1. The summed E-state index contributed by atoms with van der Waals surface area (Å²) in [5.41, 5.74) is 0. The molecule has 0 aromatic heterocycles. The molecule has 0 aliphatic carbocycles. The van der Waals surface area contributed by atoms with E-state index in [2.05, 4.69) is 5.32 Å². The highest BCUT2D eigenvalue weighted by atomic mass is 16.5. The number of methoxy groups -OCH3 is 1. The Morgan fingerprint density at radius 2 is 2.17 bits per heavy atom. The highest BCUT2D eigenvalue weighted by molar-refractivity contribution is 5.67. The van der Waals surface area contributed by atoms with Crippen LogP contribution in [-0.2, 0) is 9.53 Å². The fraction of sp³-hybridized carbons (Fsp3) is 0.875. The number of nitrogens with one attached hydrogen (secondary N) is 1. The van der Waals surface area contributed by atoms with E-state index in [0.29, 0.717) is 12.6 Å². The second kappa shape index (κ2) is 5.97. The normalized spacial score (nSPS) is 13.3. The zero-order valence-corrected chi connectivity index (χ0v) is 7.83. The molecule has 72 valence electrons. The number of hydrogen-bond acceptors (Lipinski definition) is 3. The summed E-state index contributed by atoms with van der Waals surface area (Å²) in [6.07, 6.45) is -0.180. The molecule has 0 saturated heterocycles. The molecule has 0 heterocycles. The molecule has 0 radical (unpaired) electrons. The van der Waals surface area contributed by atoms with Crippen molar-refractivity contribution in [2.24, 2.45) is 0 Å². The first kappa shape index (κ1) is 11.4. The SMILES string of the molecule is COC(CNC(C)C)CC(=O)O. The van der Waals surface area contributed by atoms with Crippen molar-refractivity contribution in [3.8, 4) is 0 Å². The minimum Gasteiger partial charge on any atom is -0.481 e. The van der Waals surface area contributed by atoms with E-state index in [1.54, 1.807) is 0 Å². The Kier molecular flexibility index (Phi) is 5.66. The molecule has 0 aromatic rings. The number of hydrogen-bond donors (Lipinski definition) is 2. The van der Waals surface area contributed by atoms with Crippen molar-refractivity contribution in [1.29, 1.82) is 0 Å². The van der Waals surface area contributed by atoms with Crippen molar-refractivity contribution >= 4 is 5.97 Å². The van der Waals surface area contributed by atoms with Gasteiger partial charge in [0, 0.05) is 19.7 Å². The molecule has 12 heavy (non-hydrogen) atoms. The van der Waals surface area contributed by atoms with Gasteiger partial charge in [-0.3, -0.25) is 4.79 Å². The lowest BCUT2D eigenvalue weighted by Gasteiger charge is -2.15. The van der Waals surface area contributed by atoms with E-state index < -0.39 is 5.97 Å².